The maximum Gasteiger partial charge on any atom is 0.253 e. The zero-order chi connectivity index (χ0) is 18.9. The summed E-state index contributed by atoms with van der Waals surface area (Å²) >= 11 is 0. The number of amides is 1. The lowest BCUT2D eigenvalue weighted by molar-refractivity contribution is -0.150. The van der Waals surface area contributed by atoms with Crippen molar-refractivity contribution in [2.24, 2.45) is 5.92 Å². The van der Waals surface area contributed by atoms with Crippen LogP contribution in [0, 0.1) is 5.92 Å². The van der Waals surface area contributed by atoms with Crippen LogP contribution in [0.15, 0.2) is 24.3 Å². The van der Waals surface area contributed by atoms with Crippen molar-refractivity contribution in [2.75, 3.05) is 44.3 Å². The first-order chi connectivity index (χ1) is 13.0. The summed E-state index contributed by atoms with van der Waals surface area (Å²) in [6.07, 6.45) is 1.97. The van der Waals surface area contributed by atoms with Crippen LogP contribution in [0.1, 0.15) is 24.0 Å². The van der Waals surface area contributed by atoms with Gasteiger partial charge in [0.1, 0.15) is 15.9 Å². The minimum Gasteiger partial charge on any atom is -0.366 e. The van der Waals surface area contributed by atoms with E-state index in [1.807, 2.05) is 11.0 Å². The number of nitrogens with zero attached hydrogens (tertiary/aromatic N) is 2. The Labute approximate surface area is 161 Å². The summed E-state index contributed by atoms with van der Waals surface area (Å²) in [5.74, 6) is 1.10. The lowest BCUT2D eigenvalue weighted by Gasteiger charge is -2.38. The van der Waals surface area contributed by atoms with Gasteiger partial charge in [0.15, 0.2) is 0 Å². The summed E-state index contributed by atoms with van der Waals surface area (Å²) in [6, 6.07) is 8.31. The predicted molar refractivity (Wildman–Crippen MR) is 103 cm³/mol. The molecule has 3 heterocycles. The molecule has 4 rings (SSSR count). The third-order valence-electron chi connectivity index (χ3n) is 6.06. The molecule has 0 aliphatic carbocycles. The average Bonchev–Trinajstić information content (AvgIpc) is 2.69. The summed E-state index contributed by atoms with van der Waals surface area (Å²) in [7, 11) is -2.82. The molecule has 3 aliphatic rings. The van der Waals surface area contributed by atoms with E-state index in [9.17, 15) is 13.2 Å². The molecule has 2 fully saturated rings. The highest BCUT2D eigenvalue weighted by Crippen LogP contribution is 2.23. The molecule has 1 atom stereocenters. The molecule has 2 saturated heterocycles. The lowest BCUT2D eigenvalue weighted by Crippen LogP contribution is -2.52. The van der Waals surface area contributed by atoms with Crippen LogP contribution in [0.3, 0.4) is 0 Å². The van der Waals surface area contributed by atoms with Gasteiger partial charge in [0.2, 0.25) is 0 Å². The Morgan fingerprint density at radius 3 is 2.63 bits per heavy atom. The predicted octanol–water partition coefficient (Wildman–Crippen LogP) is 1.10. The van der Waals surface area contributed by atoms with Crippen molar-refractivity contribution in [1.29, 1.82) is 0 Å². The van der Waals surface area contributed by atoms with Crippen LogP contribution in [-0.4, -0.2) is 74.5 Å². The van der Waals surface area contributed by atoms with E-state index in [1.54, 1.807) is 0 Å². The van der Waals surface area contributed by atoms with Gasteiger partial charge in [-0.25, -0.2) is 8.42 Å². The van der Waals surface area contributed by atoms with Gasteiger partial charge >= 0.3 is 0 Å². The Hall–Kier alpha value is -1.44. The third kappa shape index (κ3) is 4.52. The molecule has 0 radical (unpaired) electrons. The van der Waals surface area contributed by atoms with Crippen molar-refractivity contribution in [3.05, 3.63) is 35.4 Å². The number of hydrogen-bond donors (Lipinski definition) is 0. The van der Waals surface area contributed by atoms with Crippen molar-refractivity contribution >= 4 is 15.7 Å². The Balaban J connectivity index is 1.32. The van der Waals surface area contributed by atoms with Gasteiger partial charge in [-0.3, -0.25) is 9.69 Å². The van der Waals surface area contributed by atoms with Gasteiger partial charge in [-0.2, -0.15) is 0 Å². The fourth-order valence-corrected chi connectivity index (χ4v) is 5.98. The number of morpholine rings is 1. The Morgan fingerprint density at radius 2 is 1.85 bits per heavy atom. The Kier molecular flexibility index (Phi) is 5.53. The van der Waals surface area contributed by atoms with Gasteiger partial charge in [-0.05, 0) is 36.3 Å². The topological polar surface area (TPSA) is 66.9 Å². The zero-order valence-corrected chi connectivity index (χ0v) is 16.5. The Bertz CT molecular complexity index is 781. The largest absolute Gasteiger partial charge is 0.366 e. The number of carbonyl (C=O) groups excluding carboxylic acids is 1. The summed E-state index contributed by atoms with van der Waals surface area (Å²) < 4.78 is 29.0. The number of carbonyl (C=O) groups is 1. The highest BCUT2D eigenvalue weighted by Gasteiger charge is 2.33. The van der Waals surface area contributed by atoms with Crippen molar-refractivity contribution in [3.8, 4) is 0 Å². The van der Waals surface area contributed by atoms with E-state index >= 15 is 0 Å². The number of benzene rings is 1. The second-order valence-corrected chi connectivity index (χ2v) is 10.3. The monoisotopic (exact) mass is 392 g/mol. The molecule has 1 unspecified atom stereocenters. The van der Waals surface area contributed by atoms with Crippen LogP contribution >= 0.6 is 0 Å². The van der Waals surface area contributed by atoms with Gasteiger partial charge in [-0.15, -0.1) is 0 Å². The molecule has 0 saturated carbocycles. The summed E-state index contributed by atoms with van der Waals surface area (Å²) in [4.78, 5) is 17.2. The van der Waals surface area contributed by atoms with E-state index in [2.05, 4.69) is 23.1 Å². The SMILES string of the molecule is O=C(C1CN(CC2CCS(=O)(=O)CC2)CCO1)N1CCc2ccccc2C1. The van der Waals surface area contributed by atoms with E-state index in [-0.39, 0.29) is 5.91 Å². The quantitative estimate of drug-likeness (QED) is 0.771. The molecular formula is C20H28N2O4S. The summed E-state index contributed by atoms with van der Waals surface area (Å²) in [5, 5.41) is 0. The highest BCUT2D eigenvalue weighted by atomic mass is 32.2. The zero-order valence-electron chi connectivity index (χ0n) is 15.7. The van der Waals surface area contributed by atoms with Crippen molar-refractivity contribution < 1.29 is 17.9 Å². The first-order valence-electron chi connectivity index (χ1n) is 9.90. The summed E-state index contributed by atoms with van der Waals surface area (Å²) in [6.45, 7) is 4.26. The number of rotatable bonds is 3. The maximum absolute atomic E-state index is 13.0. The molecule has 1 aromatic carbocycles. The van der Waals surface area contributed by atoms with Gasteiger partial charge in [0, 0.05) is 32.7 Å². The molecule has 1 amide bonds. The van der Waals surface area contributed by atoms with Gasteiger partial charge < -0.3 is 9.64 Å². The van der Waals surface area contributed by atoms with Crippen molar-refractivity contribution in [2.45, 2.75) is 31.9 Å². The Morgan fingerprint density at radius 1 is 1.11 bits per heavy atom. The molecule has 27 heavy (non-hydrogen) atoms. The number of sulfone groups is 1. The maximum atomic E-state index is 13.0. The van der Waals surface area contributed by atoms with Crippen LogP contribution in [0.4, 0.5) is 0 Å². The van der Waals surface area contributed by atoms with Crippen LogP contribution in [0.5, 0.6) is 0 Å². The second-order valence-electron chi connectivity index (χ2n) is 7.99. The van der Waals surface area contributed by atoms with Gasteiger partial charge in [-0.1, -0.05) is 24.3 Å². The molecule has 1 aromatic rings. The standard InChI is InChI=1S/C20H28N2O4S/c23-20(22-8-5-17-3-1-2-4-18(17)14-22)19-15-21(9-10-26-19)13-16-6-11-27(24,25)12-7-16/h1-4,16,19H,5-15H2. The van der Waals surface area contributed by atoms with E-state index in [0.717, 1.165) is 38.9 Å². The smallest absolute Gasteiger partial charge is 0.253 e. The molecule has 0 spiro atoms. The fraction of sp³-hybridized carbons (Fsp3) is 0.650. The first-order valence-corrected chi connectivity index (χ1v) is 11.7. The third-order valence-corrected chi connectivity index (χ3v) is 7.77. The fourth-order valence-electron chi connectivity index (χ4n) is 4.39. The summed E-state index contributed by atoms with van der Waals surface area (Å²) in [5.41, 5.74) is 2.56. The molecule has 7 heteroatoms. The van der Waals surface area contributed by atoms with E-state index in [4.69, 9.17) is 4.74 Å². The molecule has 6 nitrogen and oxygen atoms in total. The van der Waals surface area contributed by atoms with Crippen LogP contribution < -0.4 is 0 Å². The van der Waals surface area contributed by atoms with E-state index < -0.39 is 15.9 Å². The van der Waals surface area contributed by atoms with E-state index in [0.29, 0.717) is 37.1 Å². The molecule has 0 N–H and O–H groups in total. The van der Waals surface area contributed by atoms with Crippen molar-refractivity contribution in [1.82, 2.24) is 9.80 Å². The lowest BCUT2D eigenvalue weighted by atomic mass is 9.99. The molecular weight excluding hydrogens is 364 g/mol. The normalized spacial score (nSPS) is 26.5. The second kappa shape index (κ2) is 7.89. The number of fused-ring (bicyclic) bond motifs is 1. The molecule has 148 valence electrons. The van der Waals surface area contributed by atoms with Crippen LogP contribution in [-0.2, 0) is 32.3 Å². The minimum atomic E-state index is -2.82. The van der Waals surface area contributed by atoms with Gasteiger partial charge in [0.25, 0.3) is 5.91 Å². The first kappa shape index (κ1) is 18.9. The molecule has 0 bridgehead atoms. The van der Waals surface area contributed by atoms with Gasteiger partial charge in [0.05, 0.1) is 18.1 Å². The molecule has 3 aliphatic heterocycles. The van der Waals surface area contributed by atoms with E-state index in [1.165, 1.54) is 11.1 Å². The van der Waals surface area contributed by atoms with Crippen molar-refractivity contribution in [3.63, 3.8) is 0 Å². The number of hydrogen-bond acceptors (Lipinski definition) is 5. The average molecular weight is 393 g/mol. The minimum absolute atomic E-state index is 0.0837. The molecule has 0 aromatic heterocycles. The number of ether oxygens (including phenoxy) is 1. The van der Waals surface area contributed by atoms with Crippen LogP contribution in [0.25, 0.3) is 0 Å². The van der Waals surface area contributed by atoms with Crippen LogP contribution in [0.2, 0.25) is 0 Å². The highest BCUT2D eigenvalue weighted by molar-refractivity contribution is 7.91.